The molecule has 0 N–H and O–H groups in total. The summed E-state index contributed by atoms with van der Waals surface area (Å²) in [6.45, 7) is 0. The molecule has 3 nitrogen and oxygen atoms in total. The Bertz CT molecular complexity index is 627. The molecule has 0 aliphatic rings. The van der Waals surface area contributed by atoms with E-state index in [9.17, 15) is 4.57 Å². The largest absolute Gasteiger partial charge is 0.309 e. The van der Waals surface area contributed by atoms with Gasteiger partial charge in [0, 0.05) is 23.0 Å². The van der Waals surface area contributed by atoms with Crippen LogP contribution in [-0.4, -0.2) is 9.97 Å². The second kappa shape index (κ2) is 5.40. The lowest BCUT2D eigenvalue weighted by Gasteiger charge is -2.18. The minimum Gasteiger partial charge on any atom is -0.309 e. The van der Waals surface area contributed by atoms with E-state index in [0.717, 1.165) is 10.6 Å². The Balaban J connectivity index is 2.27. The Labute approximate surface area is 117 Å². The summed E-state index contributed by atoms with van der Waals surface area (Å²) in [5.41, 5.74) is 0. The van der Waals surface area contributed by atoms with Crippen LogP contribution >= 0.6 is 7.14 Å². The molecule has 20 heavy (non-hydrogen) atoms. The summed E-state index contributed by atoms with van der Waals surface area (Å²) < 4.78 is 13.7. The minimum atomic E-state index is -2.90. The molecule has 0 saturated carbocycles. The molecular weight excluding hydrogens is 267 g/mol. The summed E-state index contributed by atoms with van der Waals surface area (Å²) in [5, 5.41) is 2.24. The van der Waals surface area contributed by atoms with E-state index in [1.807, 2.05) is 60.7 Å². The molecule has 0 atom stereocenters. The van der Waals surface area contributed by atoms with Crippen molar-refractivity contribution in [2.75, 3.05) is 0 Å². The van der Waals surface area contributed by atoms with Gasteiger partial charge in [0.15, 0.2) is 7.14 Å². The third kappa shape index (κ3) is 2.17. The van der Waals surface area contributed by atoms with Gasteiger partial charge in [0.1, 0.15) is 6.33 Å². The second-order valence-electron chi connectivity index (χ2n) is 4.38. The van der Waals surface area contributed by atoms with Crippen molar-refractivity contribution in [3.05, 3.63) is 79.4 Å². The van der Waals surface area contributed by atoms with Gasteiger partial charge >= 0.3 is 0 Å². The van der Waals surface area contributed by atoms with Crippen LogP contribution in [0.3, 0.4) is 0 Å². The highest BCUT2D eigenvalue weighted by atomic mass is 31.2. The van der Waals surface area contributed by atoms with Crippen LogP contribution in [0.25, 0.3) is 0 Å². The van der Waals surface area contributed by atoms with Crippen molar-refractivity contribution in [1.82, 2.24) is 9.97 Å². The topological polar surface area (TPSA) is 42.9 Å². The van der Waals surface area contributed by atoms with Crippen molar-refractivity contribution in [2.45, 2.75) is 0 Å². The Morgan fingerprint density at radius 1 is 0.650 bits per heavy atom. The van der Waals surface area contributed by atoms with Crippen LogP contribution in [-0.2, 0) is 4.57 Å². The normalized spacial score (nSPS) is 11.2. The highest BCUT2D eigenvalue weighted by molar-refractivity contribution is 7.85. The molecule has 0 aliphatic carbocycles. The van der Waals surface area contributed by atoms with Gasteiger partial charge in [0.05, 0.1) is 5.30 Å². The second-order valence-corrected chi connectivity index (χ2v) is 7.14. The summed E-state index contributed by atoms with van der Waals surface area (Å²) >= 11 is 0. The molecule has 1 heterocycles. The van der Waals surface area contributed by atoms with Crippen LogP contribution in [0.4, 0.5) is 0 Å². The Morgan fingerprint density at radius 3 is 1.55 bits per heavy atom. The van der Waals surface area contributed by atoms with Crippen molar-refractivity contribution in [3.63, 3.8) is 0 Å². The molecule has 1 aromatic heterocycles. The predicted molar refractivity (Wildman–Crippen MR) is 81.4 cm³/mol. The fraction of sp³-hybridized carbons (Fsp3) is 0. The molecule has 0 unspecified atom stereocenters. The quantitative estimate of drug-likeness (QED) is 0.690. The molecule has 0 saturated heterocycles. The molecule has 0 radical (unpaired) electrons. The molecule has 0 spiro atoms. The lowest BCUT2D eigenvalue weighted by Crippen LogP contribution is -2.25. The summed E-state index contributed by atoms with van der Waals surface area (Å²) in [5.74, 6) is 0. The molecule has 4 heteroatoms. The third-order valence-corrected chi connectivity index (χ3v) is 6.16. The van der Waals surface area contributed by atoms with Gasteiger partial charge in [-0.2, -0.15) is 0 Å². The molecule has 0 aliphatic heterocycles. The maximum absolute atomic E-state index is 13.7. The number of hydrogen-bond acceptors (Lipinski definition) is 3. The van der Waals surface area contributed by atoms with Crippen molar-refractivity contribution in [1.29, 1.82) is 0 Å². The average molecular weight is 280 g/mol. The molecule has 3 aromatic rings. The first-order valence-corrected chi connectivity index (χ1v) is 7.99. The maximum atomic E-state index is 13.7. The lowest BCUT2D eigenvalue weighted by atomic mass is 10.4. The number of benzene rings is 2. The molecule has 3 rings (SSSR count). The van der Waals surface area contributed by atoms with Gasteiger partial charge < -0.3 is 4.57 Å². The fourth-order valence-electron chi connectivity index (χ4n) is 2.18. The average Bonchev–Trinajstić information content (AvgIpc) is 2.56. The summed E-state index contributed by atoms with van der Waals surface area (Å²) in [6.07, 6.45) is 4.71. The van der Waals surface area contributed by atoms with E-state index < -0.39 is 7.14 Å². The standard InChI is InChI=1S/C16H13N2OP/c19-20(14-7-3-1-4-8-14,15-9-5-2-6-10-15)16-11-17-13-18-12-16/h1-13H. The summed E-state index contributed by atoms with van der Waals surface area (Å²) in [6, 6.07) is 19.0. The molecule has 0 bridgehead atoms. The summed E-state index contributed by atoms with van der Waals surface area (Å²) in [4.78, 5) is 8.04. The van der Waals surface area contributed by atoms with E-state index >= 15 is 0 Å². The van der Waals surface area contributed by atoms with Crippen LogP contribution < -0.4 is 15.9 Å². The fourth-order valence-corrected chi connectivity index (χ4v) is 4.71. The van der Waals surface area contributed by atoms with E-state index in [4.69, 9.17) is 0 Å². The Morgan fingerprint density at radius 2 is 1.10 bits per heavy atom. The van der Waals surface area contributed by atoms with Gasteiger partial charge in [-0.15, -0.1) is 0 Å². The van der Waals surface area contributed by atoms with E-state index in [2.05, 4.69) is 9.97 Å². The van der Waals surface area contributed by atoms with Crippen LogP contribution in [0.15, 0.2) is 79.4 Å². The van der Waals surface area contributed by atoms with E-state index in [0.29, 0.717) is 5.30 Å². The molecule has 98 valence electrons. The van der Waals surface area contributed by atoms with Crippen LogP contribution in [0, 0.1) is 0 Å². The van der Waals surface area contributed by atoms with Gasteiger partial charge in [-0.3, -0.25) is 0 Å². The van der Waals surface area contributed by atoms with Crippen LogP contribution in [0.1, 0.15) is 0 Å². The first-order chi connectivity index (χ1) is 9.82. The van der Waals surface area contributed by atoms with Gasteiger partial charge in [-0.05, 0) is 0 Å². The van der Waals surface area contributed by atoms with Crippen molar-refractivity contribution >= 4 is 23.1 Å². The molecule has 0 fully saturated rings. The zero-order chi connectivity index (χ0) is 13.8. The molecule has 2 aromatic carbocycles. The van der Waals surface area contributed by atoms with E-state index in [1.54, 1.807) is 12.4 Å². The van der Waals surface area contributed by atoms with Crippen molar-refractivity contribution in [3.8, 4) is 0 Å². The minimum absolute atomic E-state index is 0.650. The monoisotopic (exact) mass is 280 g/mol. The van der Waals surface area contributed by atoms with Gasteiger partial charge in [-0.25, -0.2) is 9.97 Å². The van der Waals surface area contributed by atoms with E-state index in [-0.39, 0.29) is 0 Å². The highest BCUT2D eigenvalue weighted by Crippen LogP contribution is 2.41. The zero-order valence-electron chi connectivity index (χ0n) is 10.8. The molecular formula is C16H13N2OP. The first-order valence-electron chi connectivity index (χ1n) is 6.28. The predicted octanol–water partition coefficient (Wildman–Crippen LogP) is 2.12. The summed E-state index contributed by atoms with van der Waals surface area (Å²) in [7, 11) is -2.90. The highest BCUT2D eigenvalue weighted by Gasteiger charge is 2.29. The number of nitrogens with zero attached hydrogens (tertiary/aromatic N) is 2. The Hall–Kier alpha value is -2.25. The van der Waals surface area contributed by atoms with Crippen molar-refractivity contribution in [2.24, 2.45) is 0 Å². The third-order valence-electron chi connectivity index (χ3n) is 3.15. The van der Waals surface area contributed by atoms with Gasteiger partial charge in [-0.1, -0.05) is 60.7 Å². The maximum Gasteiger partial charge on any atom is 0.174 e. The van der Waals surface area contributed by atoms with Gasteiger partial charge in [0.25, 0.3) is 0 Å². The number of aromatic nitrogens is 2. The Kier molecular flexibility index (Phi) is 3.44. The lowest BCUT2D eigenvalue weighted by molar-refractivity contribution is 0.592. The van der Waals surface area contributed by atoms with E-state index in [1.165, 1.54) is 6.33 Å². The van der Waals surface area contributed by atoms with Crippen LogP contribution in [0.5, 0.6) is 0 Å². The smallest absolute Gasteiger partial charge is 0.174 e. The molecule has 0 amide bonds. The zero-order valence-corrected chi connectivity index (χ0v) is 11.6. The first kappa shape index (κ1) is 12.8. The number of hydrogen-bond donors (Lipinski definition) is 0. The SMILES string of the molecule is O=P(c1ccccc1)(c1ccccc1)c1cncnc1. The van der Waals surface area contributed by atoms with Crippen molar-refractivity contribution < 1.29 is 4.57 Å². The van der Waals surface area contributed by atoms with Gasteiger partial charge in [0.2, 0.25) is 0 Å². The number of rotatable bonds is 3. The van der Waals surface area contributed by atoms with Crippen LogP contribution in [0.2, 0.25) is 0 Å².